The van der Waals surface area contributed by atoms with Crippen molar-refractivity contribution < 1.29 is 18.3 Å². The van der Waals surface area contributed by atoms with Gasteiger partial charge in [-0.05, 0) is 30.7 Å². The number of rotatable bonds is 4. The van der Waals surface area contributed by atoms with Crippen LogP contribution in [0.3, 0.4) is 0 Å². The smallest absolute Gasteiger partial charge is 0.309 e. The van der Waals surface area contributed by atoms with Crippen molar-refractivity contribution in [2.24, 2.45) is 0 Å². The van der Waals surface area contributed by atoms with Gasteiger partial charge in [0.05, 0.1) is 5.69 Å². The van der Waals surface area contributed by atoms with Crippen LogP contribution in [-0.2, 0) is 16.1 Å². The molecule has 1 aromatic heterocycles. The minimum absolute atomic E-state index is 0.0418. The van der Waals surface area contributed by atoms with E-state index in [0.29, 0.717) is 16.3 Å². The van der Waals surface area contributed by atoms with Crippen molar-refractivity contribution >= 4 is 40.3 Å². The number of carbonyl (C=O) groups is 1. The van der Waals surface area contributed by atoms with Crippen LogP contribution in [0.5, 0.6) is 5.88 Å². The summed E-state index contributed by atoms with van der Waals surface area (Å²) in [4.78, 5) is 15.1. The molecule has 8 heteroatoms. The number of carbonyl (C=O) groups excluding carboxylic acids is 1. The highest BCUT2D eigenvalue weighted by molar-refractivity contribution is 7.81. The molecule has 0 saturated carbocycles. The number of ether oxygens (including phenoxy) is 1. The molecule has 116 valence electrons. The van der Waals surface area contributed by atoms with E-state index in [1.807, 2.05) is 0 Å². The maximum atomic E-state index is 11.7. The first-order valence-electron chi connectivity index (χ1n) is 6.22. The Balaban J connectivity index is 2.51. The Bertz CT molecular complexity index is 739. The van der Waals surface area contributed by atoms with Crippen LogP contribution in [0.1, 0.15) is 12.5 Å². The molecule has 2 rings (SSSR count). The molecule has 0 aliphatic heterocycles. The van der Waals surface area contributed by atoms with Gasteiger partial charge >= 0.3 is 5.97 Å². The first kappa shape index (κ1) is 16.4. The molecule has 0 spiro atoms. The molecule has 0 fully saturated rings. The van der Waals surface area contributed by atoms with Crippen molar-refractivity contribution in [2.45, 2.75) is 13.8 Å². The van der Waals surface area contributed by atoms with Gasteiger partial charge in [-0.3, -0.25) is 9.35 Å². The van der Waals surface area contributed by atoms with Crippen LogP contribution < -0.4 is 9.04 Å². The summed E-state index contributed by atoms with van der Waals surface area (Å²) in [6.45, 7) is 2.98. The first-order chi connectivity index (χ1) is 10.4. The van der Waals surface area contributed by atoms with Crippen molar-refractivity contribution in [3.05, 3.63) is 47.0 Å². The molecule has 1 aromatic carbocycles. The fourth-order valence-corrected chi connectivity index (χ4v) is 2.62. The zero-order valence-electron chi connectivity index (χ0n) is 11.8. The fraction of sp³-hybridized carbons (Fsp3) is 0.143. The summed E-state index contributed by atoms with van der Waals surface area (Å²) in [5.74, 6) is -0.328. The van der Waals surface area contributed by atoms with Gasteiger partial charge < -0.3 is 4.74 Å². The van der Waals surface area contributed by atoms with Gasteiger partial charge in [0.1, 0.15) is 0 Å². The summed E-state index contributed by atoms with van der Waals surface area (Å²) in [5, 5.41) is 0.462. The van der Waals surface area contributed by atoms with Gasteiger partial charge in [0.25, 0.3) is 11.3 Å². The largest absolute Gasteiger partial charge is 0.408 e. The van der Waals surface area contributed by atoms with E-state index in [1.165, 1.54) is 19.1 Å². The average molecular weight is 341 g/mol. The maximum Gasteiger partial charge on any atom is 0.309 e. The van der Waals surface area contributed by atoms with Crippen LogP contribution in [0.25, 0.3) is 0 Å². The minimum atomic E-state index is -2.37. The summed E-state index contributed by atoms with van der Waals surface area (Å²) >= 11 is 3.68. The third-order valence-corrected chi connectivity index (χ3v) is 3.88. The zero-order chi connectivity index (χ0) is 16.3. The number of benzene rings is 1. The Kier molecular flexibility index (Phi) is 5.12. The molecule has 0 aliphatic carbocycles. The topological polar surface area (TPSA) is 79.7 Å². The van der Waals surface area contributed by atoms with Gasteiger partial charge in [-0.15, -0.1) is 0 Å². The molecule has 2 aromatic rings. The number of aromatic nitrogens is 1. The monoisotopic (exact) mass is 340 g/mol. The van der Waals surface area contributed by atoms with Gasteiger partial charge in [0.2, 0.25) is 5.88 Å². The summed E-state index contributed by atoms with van der Waals surface area (Å²) < 4.78 is 27.3. The standard InChI is InChI=1S/C14H13ClN2O4S/c1-9-11(15)5-3-6-12(9)17(22(19)20)13-7-4-8-14(16-13)21-10(2)18/h3-8H,1-2H3,(H,19,20). The summed E-state index contributed by atoms with van der Waals surface area (Å²) in [6, 6.07) is 9.58. The Labute approximate surface area is 135 Å². The normalized spacial score (nSPS) is 11.8. The van der Waals surface area contributed by atoms with E-state index in [0.717, 1.165) is 4.31 Å². The molecule has 1 atom stereocenters. The molecule has 6 nitrogen and oxygen atoms in total. The minimum Gasteiger partial charge on any atom is -0.408 e. The van der Waals surface area contributed by atoms with E-state index in [9.17, 15) is 13.6 Å². The number of nitrogens with zero attached hydrogens (tertiary/aromatic N) is 2. The second-order valence-corrected chi connectivity index (χ2v) is 5.57. The molecule has 1 unspecified atom stereocenters. The lowest BCUT2D eigenvalue weighted by Gasteiger charge is -2.21. The summed E-state index contributed by atoms with van der Waals surface area (Å²) in [6.07, 6.45) is 0. The number of hydrogen-bond acceptors (Lipinski definition) is 4. The number of anilines is 2. The van der Waals surface area contributed by atoms with Crippen LogP contribution in [0.4, 0.5) is 11.5 Å². The number of halogens is 1. The van der Waals surface area contributed by atoms with E-state index in [-0.39, 0.29) is 11.7 Å². The van der Waals surface area contributed by atoms with Crippen LogP contribution in [-0.4, -0.2) is 19.7 Å². The Hall–Kier alpha value is -1.96. The highest BCUT2D eigenvalue weighted by atomic mass is 35.5. The first-order valence-corrected chi connectivity index (χ1v) is 7.66. The highest BCUT2D eigenvalue weighted by Crippen LogP contribution is 2.32. The lowest BCUT2D eigenvalue weighted by molar-refractivity contribution is -0.132. The van der Waals surface area contributed by atoms with Crippen molar-refractivity contribution in [3.8, 4) is 5.88 Å². The van der Waals surface area contributed by atoms with Crippen molar-refractivity contribution in [3.63, 3.8) is 0 Å². The summed E-state index contributed by atoms with van der Waals surface area (Å²) in [5.41, 5.74) is 1.06. The zero-order valence-corrected chi connectivity index (χ0v) is 13.4. The molecule has 1 heterocycles. The van der Waals surface area contributed by atoms with Gasteiger partial charge in [0.15, 0.2) is 5.82 Å². The molecule has 1 N–H and O–H groups in total. The molecule has 22 heavy (non-hydrogen) atoms. The maximum absolute atomic E-state index is 11.7. The van der Waals surface area contributed by atoms with E-state index in [4.69, 9.17) is 16.3 Å². The third-order valence-electron chi connectivity index (χ3n) is 2.78. The molecule has 0 saturated heterocycles. The molecule has 0 amide bonds. The van der Waals surface area contributed by atoms with Crippen molar-refractivity contribution in [1.29, 1.82) is 0 Å². The van der Waals surface area contributed by atoms with E-state index >= 15 is 0 Å². The lowest BCUT2D eigenvalue weighted by Crippen LogP contribution is -2.21. The van der Waals surface area contributed by atoms with E-state index in [2.05, 4.69) is 4.98 Å². The molecule has 0 aliphatic rings. The molecule has 0 radical (unpaired) electrons. The number of hydrogen-bond donors (Lipinski definition) is 1. The van der Waals surface area contributed by atoms with E-state index < -0.39 is 17.2 Å². The predicted molar refractivity (Wildman–Crippen MR) is 84.6 cm³/mol. The third kappa shape index (κ3) is 3.62. The van der Waals surface area contributed by atoms with Crippen molar-refractivity contribution in [2.75, 3.05) is 4.31 Å². The fourth-order valence-electron chi connectivity index (χ4n) is 1.82. The van der Waals surface area contributed by atoms with Crippen LogP contribution in [0.15, 0.2) is 36.4 Å². The quantitative estimate of drug-likeness (QED) is 0.682. The Morgan fingerprint density at radius 2 is 2.00 bits per heavy atom. The van der Waals surface area contributed by atoms with Gasteiger partial charge in [0, 0.05) is 18.0 Å². The van der Waals surface area contributed by atoms with Gasteiger partial charge in [-0.1, -0.05) is 23.7 Å². The van der Waals surface area contributed by atoms with E-state index in [1.54, 1.807) is 31.2 Å². The number of esters is 1. The summed E-state index contributed by atoms with van der Waals surface area (Å²) in [7, 11) is 0. The van der Waals surface area contributed by atoms with Gasteiger partial charge in [-0.2, -0.15) is 4.98 Å². The second-order valence-electron chi connectivity index (χ2n) is 4.34. The van der Waals surface area contributed by atoms with Crippen LogP contribution >= 0.6 is 11.6 Å². The Morgan fingerprint density at radius 1 is 1.32 bits per heavy atom. The molecular formula is C14H13ClN2O4S. The van der Waals surface area contributed by atoms with Crippen LogP contribution in [0.2, 0.25) is 5.02 Å². The second kappa shape index (κ2) is 6.87. The number of pyridine rings is 1. The molecular weight excluding hydrogens is 328 g/mol. The van der Waals surface area contributed by atoms with Crippen molar-refractivity contribution in [1.82, 2.24) is 4.98 Å². The predicted octanol–water partition coefficient (Wildman–Crippen LogP) is 3.24. The average Bonchev–Trinajstić information content (AvgIpc) is 2.43. The highest BCUT2D eigenvalue weighted by Gasteiger charge is 2.20. The molecule has 0 bridgehead atoms. The Morgan fingerprint density at radius 3 is 2.64 bits per heavy atom. The van der Waals surface area contributed by atoms with Gasteiger partial charge in [-0.25, -0.2) is 8.51 Å². The van der Waals surface area contributed by atoms with Crippen LogP contribution in [0, 0.1) is 6.92 Å². The SMILES string of the molecule is CC(=O)Oc1cccc(N(c2cccc(Cl)c2C)S(=O)O)n1. The lowest BCUT2D eigenvalue weighted by atomic mass is 10.2.